The van der Waals surface area contributed by atoms with Gasteiger partial charge < -0.3 is 26.0 Å². The van der Waals surface area contributed by atoms with E-state index in [-0.39, 0.29) is 12.4 Å². The Labute approximate surface area is 208 Å². The number of fused-ring (bicyclic) bond motifs is 3. The van der Waals surface area contributed by atoms with E-state index >= 15 is 0 Å². The second-order valence-corrected chi connectivity index (χ2v) is 7.06. The Bertz CT molecular complexity index is 1240. The lowest BCUT2D eigenvalue weighted by Crippen LogP contribution is -2.29. The van der Waals surface area contributed by atoms with Crippen molar-refractivity contribution in [3.8, 4) is 0 Å². The summed E-state index contributed by atoms with van der Waals surface area (Å²) in [5, 5.41) is 17.4. The van der Waals surface area contributed by atoms with Gasteiger partial charge in [0.05, 0.1) is 17.6 Å². The van der Waals surface area contributed by atoms with Gasteiger partial charge in [-0.25, -0.2) is 23.9 Å². The van der Waals surface area contributed by atoms with E-state index in [1.807, 2.05) is 4.40 Å². The number of carbonyl (C=O) groups excluding carboxylic acids is 1. The molecule has 0 aliphatic heterocycles. The van der Waals surface area contributed by atoms with Gasteiger partial charge in [-0.05, 0) is 25.5 Å². The van der Waals surface area contributed by atoms with E-state index in [0.717, 1.165) is 5.52 Å². The SMILES string of the molecule is C[C@@H](N)C(=O)OCCCNc1nc2cc(F)ccc2n2ccnc12.O=C(O)C(F)(F)F.O=C(O)C(F)(F)F. The van der Waals surface area contributed by atoms with Crippen LogP contribution in [0.3, 0.4) is 0 Å². The maximum absolute atomic E-state index is 13.4. The summed E-state index contributed by atoms with van der Waals surface area (Å²) in [5.41, 5.74) is 7.38. The van der Waals surface area contributed by atoms with E-state index < -0.39 is 36.3 Å². The van der Waals surface area contributed by atoms with E-state index in [4.69, 9.17) is 30.3 Å². The molecule has 0 radical (unpaired) electrons. The van der Waals surface area contributed by atoms with Crippen LogP contribution >= 0.6 is 0 Å². The molecule has 3 aromatic rings. The van der Waals surface area contributed by atoms with Crippen LogP contribution in [0.15, 0.2) is 30.6 Å². The molecule has 0 unspecified atom stereocenters. The Morgan fingerprint density at radius 1 is 1.11 bits per heavy atom. The summed E-state index contributed by atoms with van der Waals surface area (Å²) >= 11 is 0. The van der Waals surface area contributed by atoms with E-state index in [1.54, 1.807) is 25.4 Å². The number of anilines is 1. The minimum absolute atomic E-state index is 0.264. The molecule has 38 heavy (non-hydrogen) atoms. The molecule has 5 N–H and O–H groups in total. The quantitative estimate of drug-likeness (QED) is 0.200. The molecule has 2 heterocycles. The molecule has 11 nitrogen and oxygen atoms in total. The Morgan fingerprint density at radius 2 is 1.66 bits per heavy atom. The minimum atomic E-state index is -5.08. The number of nitrogens with zero attached hydrogens (tertiary/aromatic N) is 3. The summed E-state index contributed by atoms with van der Waals surface area (Å²) in [6.45, 7) is 2.37. The summed E-state index contributed by atoms with van der Waals surface area (Å²) in [6, 6.07) is 3.82. The van der Waals surface area contributed by atoms with Gasteiger partial charge >= 0.3 is 30.3 Å². The van der Waals surface area contributed by atoms with Crippen molar-refractivity contribution in [2.24, 2.45) is 5.73 Å². The zero-order chi connectivity index (χ0) is 29.3. The number of nitrogens with two attached hydrogens (primary N) is 1. The number of nitrogens with one attached hydrogen (secondary N) is 1. The number of carbonyl (C=O) groups is 3. The molecule has 0 spiro atoms. The van der Waals surface area contributed by atoms with Crippen molar-refractivity contribution in [1.82, 2.24) is 14.4 Å². The van der Waals surface area contributed by atoms with E-state index in [9.17, 15) is 35.5 Å². The van der Waals surface area contributed by atoms with Crippen LogP contribution in [0.25, 0.3) is 16.7 Å². The number of hydrogen-bond acceptors (Lipinski definition) is 8. The summed E-state index contributed by atoms with van der Waals surface area (Å²) < 4.78 is 83.8. The molecular weight excluding hydrogens is 539 g/mol. The normalized spacial score (nSPS) is 12.0. The number of halogens is 7. The first-order valence-electron chi connectivity index (χ1n) is 10.1. The summed E-state index contributed by atoms with van der Waals surface area (Å²) in [4.78, 5) is 37.8. The minimum Gasteiger partial charge on any atom is -0.475 e. The van der Waals surface area contributed by atoms with Crippen molar-refractivity contribution in [2.75, 3.05) is 18.5 Å². The number of esters is 1. The third kappa shape index (κ3) is 10.0. The van der Waals surface area contributed by atoms with E-state index in [1.165, 1.54) is 12.1 Å². The van der Waals surface area contributed by atoms with E-state index in [2.05, 4.69) is 15.3 Å². The number of imidazole rings is 1. The smallest absolute Gasteiger partial charge is 0.475 e. The fourth-order valence-electron chi connectivity index (χ4n) is 2.34. The predicted octanol–water partition coefficient (Wildman–Crippen LogP) is 2.98. The average Bonchev–Trinajstić information content (AvgIpc) is 3.28. The Balaban J connectivity index is 0.000000426. The fraction of sp³-hybridized carbons (Fsp3) is 0.350. The maximum atomic E-state index is 13.4. The number of hydrogen-bond donors (Lipinski definition) is 4. The summed E-state index contributed by atoms with van der Waals surface area (Å²) in [7, 11) is 0. The van der Waals surface area contributed by atoms with Crippen LogP contribution in [0.2, 0.25) is 0 Å². The molecule has 3 rings (SSSR count). The van der Waals surface area contributed by atoms with Gasteiger partial charge in [0.2, 0.25) is 0 Å². The van der Waals surface area contributed by atoms with Gasteiger partial charge in [0.1, 0.15) is 11.9 Å². The zero-order valence-corrected chi connectivity index (χ0v) is 19.2. The predicted molar refractivity (Wildman–Crippen MR) is 116 cm³/mol. The highest BCUT2D eigenvalue weighted by Crippen LogP contribution is 2.21. The number of aromatic nitrogens is 3. The molecule has 0 amide bonds. The van der Waals surface area contributed by atoms with Gasteiger partial charge in [0.25, 0.3) is 0 Å². The second-order valence-electron chi connectivity index (χ2n) is 7.06. The topological polar surface area (TPSA) is 169 Å². The summed E-state index contributed by atoms with van der Waals surface area (Å²) in [5.74, 6) is -5.73. The molecule has 18 heteroatoms. The number of alkyl halides is 6. The molecule has 0 bridgehead atoms. The first-order chi connectivity index (χ1) is 17.4. The molecule has 0 saturated heterocycles. The highest BCUT2D eigenvalue weighted by Gasteiger charge is 2.38. The van der Waals surface area contributed by atoms with Crippen molar-refractivity contribution in [1.29, 1.82) is 0 Å². The molecule has 2 aromatic heterocycles. The zero-order valence-electron chi connectivity index (χ0n) is 19.2. The first-order valence-corrected chi connectivity index (χ1v) is 10.1. The molecule has 210 valence electrons. The molecule has 1 atom stereocenters. The monoisotopic (exact) mass is 559 g/mol. The van der Waals surface area contributed by atoms with Crippen molar-refractivity contribution in [2.45, 2.75) is 31.7 Å². The molecule has 1 aromatic carbocycles. The highest BCUT2D eigenvalue weighted by atomic mass is 19.4. The first kappa shape index (κ1) is 31.8. The van der Waals surface area contributed by atoms with Crippen LogP contribution in [-0.2, 0) is 19.1 Å². The van der Waals surface area contributed by atoms with Gasteiger partial charge in [0.15, 0.2) is 11.5 Å². The lowest BCUT2D eigenvalue weighted by atomic mass is 10.3. The van der Waals surface area contributed by atoms with E-state index in [0.29, 0.717) is 29.9 Å². The summed E-state index contributed by atoms with van der Waals surface area (Å²) in [6.07, 6.45) is -6.11. The number of benzene rings is 1. The Kier molecular flexibility index (Phi) is 11.2. The fourth-order valence-corrected chi connectivity index (χ4v) is 2.34. The number of rotatable bonds is 6. The van der Waals surface area contributed by atoms with Gasteiger partial charge in [-0.2, -0.15) is 26.3 Å². The largest absolute Gasteiger partial charge is 0.490 e. The van der Waals surface area contributed by atoms with Crippen LogP contribution in [0.1, 0.15) is 13.3 Å². The third-order valence-corrected chi connectivity index (χ3v) is 4.00. The van der Waals surface area contributed by atoms with Crippen LogP contribution in [0, 0.1) is 5.82 Å². The van der Waals surface area contributed by atoms with Crippen molar-refractivity contribution in [3.63, 3.8) is 0 Å². The molecular formula is C20H20F7N5O6. The van der Waals surface area contributed by atoms with Gasteiger partial charge in [-0.1, -0.05) is 0 Å². The van der Waals surface area contributed by atoms with Crippen molar-refractivity contribution >= 4 is 40.4 Å². The molecule has 0 aliphatic rings. The standard InChI is InChI=1S/C16H18FN5O2.2C2HF3O2/c1-10(18)16(23)24-8-2-5-19-14-15-20-6-7-22(15)13-4-3-11(17)9-12(13)21-14;2*3-2(4,5)1(6)7/h3-4,6-7,9-10H,2,5,8,18H2,1H3,(H,19,21);2*(H,6,7)/t10-;;/m1../s1. The van der Waals surface area contributed by atoms with Crippen LogP contribution in [-0.4, -0.2) is 74.0 Å². The number of carboxylic acid groups (broad SMARTS) is 2. The average molecular weight is 559 g/mol. The van der Waals surface area contributed by atoms with Crippen molar-refractivity contribution < 1.29 is 60.1 Å². The Hall–Kier alpha value is -4.22. The van der Waals surface area contributed by atoms with Crippen LogP contribution < -0.4 is 11.1 Å². The van der Waals surface area contributed by atoms with Crippen LogP contribution in [0.5, 0.6) is 0 Å². The number of carboxylic acids is 2. The number of ether oxygens (including phenoxy) is 1. The highest BCUT2D eigenvalue weighted by molar-refractivity contribution is 5.82. The van der Waals surface area contributed by atoms with Gasteiger partial charge in [-0.15, -0.1) is 0 Å². The van der Waals surface area contributed by atoms with Gasteiger partial charge in [0, 0.05) is 25.0 Å². The number of aliphatic carboxylic acids is 2. The second kappa shape index (κ2) is 13.4. The maximum Gasteiger partial charge on any atom is 0.490 e. The lowest BCUT2D eigenvalue weighted by Gasteiger charge is -2.10. The van der Waals surface area contributed by atoms with Crippen molar-refractivity contribution in [3.05, 3.63) is 36.4 Å². The third-order valence-electron chi connectivity index (χ3n) is 4.00. The lowest BCUT2D eigenvalue weighted by molar-refractivity contribution is -0.193. The van der Waals surface area contributed by atoms with Crippen LogP contribution in [0.4, 0.5) is 36.6 Å². The van der Waals surface area contributed by atoms with Gasteiger partial charge in [-0.3, -0.25) is 9.20 Å². The Morgan fingerprint density at radius 3 is 2.16 bits per heavy atom. The molecule has 0 fully saturated rings. The molecule has 0 saturated carbocycles. The molecule has 0 aliphatic carbocycles.